The first-order valence-corrected chi connectivity index (χ1v) is 18.0. The Bertz CT molecular complexity index is 2340. The highest BCUT2D eigenvalue weighted by Crippen LogP contribution is 2.32. The molecule has 0 bridgehead atoms. The molecule has 11 nitrogen and oxygen atoms in total. The van der Waals surface area contributed by atoms with Gasteiger partial charge in [0.2, 0.25) is 0 Å². The van der Waals surface area contributed by atoms with Crippen LogP contribution in [-0.2, 0) is 6.54 Å². The van der Waals surface area contributed by atoms with Crippen LogP contribution in [0.15, 0.2) is 140 Å². The van der Waals surface area contributed by atoms with Gasteiger partial charge in [-0.2, -0.15) is 4.99 Å². The van der Waals surface area contributed by atoms with Crippen molar-refractivity contribution >= 4 is 29.2 Å². The molecule has 2 heterocycles. The molecule has 0 fully saturated rings. The summed E-state index contributed by atoms with van der Waals surface area (Å²) in [5.41, 5.74) is 19.2. The van der Waals surface area contributed by atoms with Crippen molar-refractivity contribution in [3.63, 3.8) is 0 Å². The number of nitrogens with two attached hydrogens (primary N) is 2. The second-order valence-corrected chi connectivity index (χ2v) is 13.7. The highest BCUT2D eigenvalue weighted by atomic mass is 19.1. The third kappa shape index (κ3) is 10.2. The van der Waals surface area contributed by atoms with Crippen molar-refractivity contribution in [2.45, 2.75) is 33.2 Å². The lowest BCUT2D eigenvalue weighted by Crippen LogP contribution is -2.30. The number of aromatic nitrogens is 2. The first-order valence-electron chi connectivity index (χ1n) is 18.0. The summed E-state index contributed by atoms with van der Waals surface area (Å²) in [6.07, 6.45) is 0. The summed E-state index contributed by atoms with van der Waals surface area (Å²) in [6.45, 7) is 6.24. The molecule has 1 unspecified atom stereocenters. The average molecular weight is 755 g/mol. The van der Waals surface area contributed by atoms with E-state index in [0.717, 1.165) is 33.5 Å². The molecule has 1 atom stereocenters. The fraction of sp³-hybridized carbons (Fsp3) is 0.205. The molecule has 288 valence electrons. The third-order valence-electron chi connectivity index (χ3n) is 8.84. The van der Waals surface area contributed by atoms with Crippen LogP contribution in [0.1, 0.15) is 70.9 Å². The molecule has 0 aliphatic carbocycles. The minimum atomic E-state index is -0.282. The topological polar surface area (TPSA) is 152 Å². The lowest BCUT2D eigenvalue weighted by atomic mass is 9.94. The number of aliphatic imine (C=N–C) groups is 2. The van der Waals surface area contributed by atoms with Crippen LogP contribution in [0, 0.1) is 5.82 Å². The van der Waals surface area contributed by atoms with Crippen molar-refractivity contribution in [1.82, 2.24) is 20.1 Å². The van der Waals surface area contributed by atoms with Crippen LogP contribution in [0.3, 0.4) is 0 Å². The SMILES string of the molecule is CC(C)=C(c1ccc(-c2ccccc2)c(F)c1)c1cc(CN=C(N)N(C)C)no1.CC(c1cccc(C(=O)c2ccccc2)c1)c1cc(N=C(N)N(C)C)on1. The van der Waals surface area contributed by atoms with Crippen LogP contribution in [0.4, 0.5) is 10.3 Å². The third-order valence-corrected chi connectivity index (χ3v) is 8.84. The number of guanidine groups is 2. The number of carbonyl (C=O) groups is 1. The summed E-state index contributed by atoms with van der Waals surface area (Å²) in [5, 5.41) is 8.18. The summed E-state index contributed by atoms with van der Waals surface area (Å²) in [5.74, 6) is 1.33. The van der Waals surface area contributed by atoms with Gasteiger partial charge in [0.1, 0.15) is 11.5 Å². The number of halogens is 1. The summed E-state index contributed by atoms with van der Waals surface area (Å²) >= 11 is 0. The maximum atomic E-state index is 14.9. The van der Waals surface area contributed by atoms with Gasteiger partial charge in [0.05, 0.1) is 12.2 Å². The fourth-order valence-corrected chi connectivity index (χ4v) is 5.63. The lowest BCUT2D eigenvalue weighted by Gasteiger charge is -2.10. The van der Waals surface area contributed by atoms with E-state index in [1.54, 1.807) is 36.0 Å². The van der Waals surface area contributed by atoms with E-state index in [4.69, 9.17) is 20.5 Å². The number of nitrogens with zero attached hydrogens (tertiary/aromatic N) is 6. The molecule has 0 saturated carbocycles. The molecule has 4 N–H and O–H groups in total. The lowest BCUT2D eigenvalue weighted by molar-refractivity contribution is 0.103. The smallest absolute Gasteiger partial charge is 0.253 e. The van der Waals surface area contributed by atoms with Crippen molar-refractivity contribution in [3.05, 3.63) is 166 Å². The van der Waals surface area contributed by atoms with Gasteiger partial charge in [-0.25, -0.2) is 9.38 Å². The van der Waals surface area contributed by atoms with E-state index in [1.165, 1.54) is 6.07 Å². The monoisotopic (exact) mass is 754 g/mol. The zero-order valence-electron chi connectivity index (χ0n) is 32.7. The van der Waals surface area contributed by atoms with E-state index >= 15 is 0 Å². The van der Waals surface area contributed by atoms with Crippen LogP contribution in [-0.4, -0.2) is 66.0 Å². The van der Waals surface area contributed by atoms with Crippen molar-refractivity contribution in [1.29, 1.82) is 0 Å². The van der Waals surface area contributed by atoms with E-state index < -0.39 is 0 Å². The van der Waals surface area contributed by atoms with E-state index in [-0.39, 0.29) is 17.5 Å². The number of hydrogen-bond donors (Lipinski definition) is 2. The highest BCUT2D eigenvalue weighted by Gasteiger charge is 2.18. The molecular formula is C44H47FN8O3. The Morgan fingerprint density at radius 3 is 2.05 bits per heavy atom. The van der Waals surface area contributed by atoms with Gasteiger partial charge in [-0.15, -0.1) is 0 Å². The van der Waals surface area contributed by atoms with Gasteiger partial charge < -0.3 is 30.3 Å². The second kappa shape index (κ2) is 18.5. The molecule has 0 radical (unpaired) electrons. The van der Waals surface area contributed by atoms with Gasteiger partial charge >= 0.3 is 0 Å². The number of hydrogen-bond acceptors (Lipinski definition) is 7. The number of benzene rings is 4. The molecule has 12 heteroatoms. The Morgan fingerprint density at radius 1 is 0.750 bits per heavy atom. The predicted octanol–water partition coefficient (Wildman–Crippen LogP) is 8.26. The number of ketones is 1. The predicted molar refractivity (Wildman–Crippen MR) is 220 cm³/mol. The summed E-state index contributed by atoms with van der Waals surface area (Å²) in [4.78, 5) is 24.5. The van der Waals surface area contributed by atoms with Crippen LogP contribution < -0.4 is 11.5 Å². The molecule has 0 spiro atoms. The van der Waals surface area contributed by atoms with E-state index in [9.17, 15) is 9.18 Å². The maximum absolute atomic E-state index is 14.9. The zero-order chi connectivity index (χ0) is 40.4. The average Bonchev–Trinajstić information content (AvgIpc) is 3.87. The molecule has 4 aromatic carbocycles. The highest BCUT2D eigenvalue weighted by molar-refractivity contribution is 6.09. The van der Waals surface area contributed by atoms with Crippen molar-refractivity contribution in [3.8, 4) is 11.1 Å². The molecule has 56 heavy (non-hydrogen) atoms. The fourth-order valence-electron chi connectivity index (χ4n) is 5.63. The Morgan fingerprint density at radius 2 is 1.41 bits per heavy atom. The normalized spacial score (nSPS) is 12.0. The molecule has 6 rings (SSSR count). The van der Waals surface area contributed by atoms with Crippen LogP contribution in [0.25, 0.3) is 16.7 Å². The summed E-state index contributed by atoms with van der Waals surface area (Å²) in [6, 6.07) is 35.1. The Kier molecular flexibility index (Phi) is 13.3. The second-order valence-electron chi connectivity index (χ2n) is 13.7. The first kappa shape index (κ1) is 40.4. The van der Waals surface area contributed by atoms with Crippen molar-refractivity contribution < 1.29 is 18.2 Å². The van der Waals surface area contributed by atoms with Crippen molar-refractivity contribution in [2.24, 2.45) is 21.5 Å². The molecule has 0 amide bonds. The number of rotatable bonds is 10. The van der Waals surface area contributed by atoms with Crippen LogP contribution in [0.2, 0.25) is 0 Å². The summed E-state index contributed by atoms with van der Waals surface area (Å²) < 4.78 is 25.7. The van der Waals surface area contributed by atoms with E-state index in [1.807, 2.05) is 132 Å². The molecule has 0 saturated heterocycles. The van der Waals surface area contributed by atoms with Gasteiger partial charge in [0.25, 0.3) is 5.88 Å². The Hall–Kier alpha value is -6.82. The van der Waals surface area contributed by atoms with E-state index in [2.05, 4.69) is 20.3 Å². The van der Waals surface area contributed by atoms with Gasteiger partial charge in [0, 0.05) is 68.5 Å². The van der Waals surface area contributed by atoms with Gasteiger partial charge in [0.15, 0.2) is 23.5 Å². The van der Waals surface area contributed by atoms with Gasteiger partial charge in [-0.3, -0.25) is 4.79 Å². The molecule has 6 aromatic rings. The van der Waals surface area contributed by atoms with Crippen molar-refractivity contribution in [2.75, 3.05) is 28.2 Å². The quantitative estimate of drug-likeness (QED) is 0.0800. The minimum Gasteiger partial charge on any atom is -0.370 e. The van der Waals surface area contributed by atoms with Crippen LogP contribution in [0.5, 0.6) is 0 Å². The summed E-state index contributed by atoms with van der Waals surface area (Å²) in [7, 11) is 7.24. The van der Waals surface area contributed by atoms with Gasteiger partial charge in [-0.05, 0) is 42.7 Å². The molecule has 0 aliphatic rings. The molecular weight excluding hydrogens is 708 g/mol. The first-order chi connectivity index (χ1) is 26.8. The maximum Gasteiger partial charge on any atom is 0.253 e. The van der Waals surface area contributed by atoms with E-state index in [0.29, 0.717) is 52.5 Å². The number of carbonyl (C=O) groups excluding carboxylic acids is 1. The molecule has 0 aliphatic heterocycles. The Labute approximate surface area is 326 Å². The van der Waals surface area contributed by atoms with Crippen LogP contribution >= 0.6 is 0 Å². The van der Waals surface area contributed by atoms with Gasteiger partial charge in [-0.1, -0.05) is 114 Å². The Balaban J connectivity index is 0.000000215. The molecule has 2 aromatic heterocycles. The largest absolute Gasteiger partial charge is 0.370 e. The standard InChI is InChI=1S/C23H25FN4O.C21H22N4O2/c1-15(2)22(21-13-18(27-29-21)14-26-23(25)28(3)4)17-10-11-19(20(24)12-17)16-8-6-5-7-9-16;1-14(18-13-19(27-24-18)23-21(22)25(2)3)16-10-7-11-17(12-16)20(26)15-8-5-4-6-9-15/h5-13H,14H2,1-4H3,(H2,25,26);4-14H,1-3H3,(H2,22,23). The number of allylic oxidation sites excluding steroid dienone is 1. The minimum absolute atomic E-state index is 0.00570. The zero-order valence-corrected chi connectivity index (χ0v) is 32.7.